The molecular weight excluding hydrogens is 533 g/mol. The van der Waals surface area contributed by atoms with Crippen LogP contribution in [0.4, 0.5) is 4.39 Å². The summed E-state index contributed by atoms with van der Waals surface area (Å²) in [5.74, 6) is -2.85. The van der Waals surface area contributed by atoms with E-state index in [1.165, 1.54) is 24.3 Å². The van der Waals surface area contributed by atoms with Gasteiger partial charge in [0.1, 0.15) is 18.2 Å². The molecule has 0 bridgehead atoms. The van der Waals surface area contributed by atoms with Crippen LogP contribution in [0.25, 0.3) is 11.3 Å². The fourth-order valence-corrected chi connectivity index (χ4v) is 4.02. The Bertz CT molecular complexity index is 1310. The number of nitrogens with one attached hydrogen (secondary N) is 2. The van der Waals surface area contributed by atoms with Crippen LogP contribution in [0.5, 0.6) is 0 Å². The molecule has 10 nitrogen and oxygen atoms in total. The molecule has 3 rings (SSSR count). The quantitative estimate of drug-likeness (QED) is 0.0860. The summed E-state index contributed by atoms with van der Waals surface area (Å²) in [5, 5.41) is 6.36. The molecule has 0 aliphatic rings. The van der Waals surface area contributed by atoms with E-state index in [2.05, 4.69) is 22.3 Å². The van der Waals surface area contributed by atoms with Gasteiger partial charge in [-0.2, -0.15) is 0 Å². The Morgan fingerprint density at radius 2 is 1.83 bits per heavy atom. The number of carbonyl (C=O) groups excluding carboxylic acids is 4. The number of benzene rings is 2. The minimum absolute atomic E-state index is 0.0425. The van der Waals surface area contributed by atoms with Gasteiger partial charge in [0.05, 0.1) is 31.8 Å². The summed E-state index contributed by atoms with van der Waals surface area (Å²) >= 11 is 0. The summed E-state index contributed by atoms with van der Waals surface area (Å²) in [4.78, 5) is 54.6. The van der Waals surface area contributed by atoms with Crippen molar-refractivity contribution >= 4 is 24.2 Å². The second-order valence-corrected chi connectivity index (χ2v) is 9.23. The van der Waals surface area contributed by atoms with Gasteiger partial charge in [-0.05, 0) is 42.3 Å². The lowest BCUT2D eigenvalue weighted by atomic mass is 10.0. The number of rotatable bonds is 16. The number of carbonyl (C=O) groups is 4. The van der Waals surface area contributed by atoms with Crippen LogP contribution in [0.15, 0.2) is 65.1 Å². The van der Waals surface area contributed by atoms with Gasteiger partial charge in [-0.1, -0.05) is 56.5 Å². The zero-order chi connectivity index (χ0) is 29.6. The molecule has 11 heteroatoms. The fourth-order valence-electron chi connectivity index (χ4n) is 4.02. The van der Waals surface area contributed by atoms with Gasteiger partial charge >= 0.3 is 5.97 Å². The standard InChI is InChI=1S/C30H34FN3O7/c1-3-4-6-11-23(17-34(20-35)40-18-21-9-7-5-8-10-21)28(36)32-19-33-29(37)27-15-14-26(41-27)22-12-13-25(31)24(16-22)30(38)39-2/h5,7-10,12-16,20,23H,3-4,6,11,17-19H2,1-2H3,(H,32,36)(H,33,37). The van der Waals surface area contributed by atoms with Gasteiger partial charge in [-0.3, -0.25) is 19.2 Å². The first-order valence-electron chi connectivity index (χ1n) is 13.3. The Labute approximate surface area is 237 Å². The van der Waals surface area contributed by atoms with Crippen molar-refractivity contribution in [1.29, 1.82) is 0 Å². The molecule has 0 saturated carbocycles. The van der Waals surface area contributed by atoms with Crippen LogP contribution in [0.1, 0.15) is 59.1 Å². The van der Waals surface area contributed by atoms with Gasteiger partial charge in [0.15, 0.2) is 5.76 Å². The molecule has 3 aromatic rings. The van der Waals surface area contributed by atoms with Crippen LogP contribution in [0, 0.1) is 11.7 Å². The maximum absolute atomic E-state index is 13.9. The number of methoxy groups -OCH3 is 1. The van der Waals surface area contributed by atoms with E-state index in [4.69, 9.17) is 9.25 Å². The smallest absolute Gasteiger partial charge is 0.340 e. The third-order valence-electron chi connectivity index (χ3n) is 6.28. The molecule has 2 aromatic carbocycles. The molecule has 218 valence electrons. The molecule has 0 saturated heterocycles. The molecule has 1 aromatic heterocycles. The monoisotopic (exact) mass is 567 g/mol. The maximum atomic E-state index is 13.9. The third-order valence-corrected chi connectivity index (χ3v) is 6.28. The van der Waals surface area contributed by atoms with E-state index in [0.29, 0.717) is 18.4 Å². The molecule has 0 aliphatic carbocycles. The van der Waals surface area contributed by atoms with Gasteiger partial charge in [-0.25, -0.2) is 14.2 Å². The van der Waals surface area contributed by atoms with Gasteiger partial charge in [-0.15, -0.1) is 0 Å². The summed E-state index contributed by atoms with van der Waals surface area (Å²) in [6, 6.07) is 16.1. The number of furan rings is 1. The Balaban J connectivity index is 1.55. The van der Waals surface area contributed by atoms with Crippen molar-refractivity contribution in [2.24, 2.45) is 5.92 Å². The third kappa shape index (κ3) is 9.28. The van der Waals surface area contributed by atoms with Gasteiger partial charge in [0.2, 0.25) is 12.3 Å². The van der Waals surface area contributed by atoms with Gasteiger partial charge in [0.25, 0.3) is 5.91 Å². The first-order chi connectivity index (χ1) is 19.9. The maximum Gasteiger partial charge on any atom is 0.340 e. The van der Waals surface area contributed by atoms with Crippen molar-refractivity contribution < 1.29 is 37.6 Å². The highest BCUT2D eigenvalue weighted by molar-refractivity contribution is 5.93. The number of halogens is 1. The van der Waals surface area contributed by atoms with E-state index in [1.807, 2.05) is 30.3 Å². The molecule has 3 amide bonds. The molecule has 2 N–H and O–H groups in total. The first-order valence-corrected chi connectivity index (χ1v) is 13.3. The lowest BCUT2D eigenvalue weighted by molar-refractivity contribution is -0.182. The van der Waals surface area contributed by atoms with Crippen LogP contribution in [-0.2, 0) is 25.8 Å². The summed E-state index contributed by atoms with van der Waals surface area (Å²) in [6.45, 7) is 2.13. The minimum Gasteiger partial charge on any atom is -0.465 e. The predicted octanol–water partition coefficient (Wildman–Crippen LogP) is 4.46. The van der Waals surface area contributed by atoms with E-state index < -0.39 is 23.6 Å². The summed E-state index contributed by atoms with van der Waals surface area (Å²) in [5.41, 5.74) is 1.00. The van der Waals surface area contributed by atoms with Crippen LogP contribution >= 0.6 is 0 Å². The summed E-state index contributed by atoms with van der Waals surface area (Å²) in [6.07, 6.45) is 3.79. The fraction of sp³-hybridized carbons (Fsp3) is 0.333. The number of hydrogen-bond donors (Lipinski definition) is 2. The van der Waals surface area contributed by atoms with E-state index in [-0.39, 0.29) is 42.8 Å². The summed E-state index contributed by atoms with van der Waals surface area (Å²) in [7, 11) is 1.15. The molecule has 1 heterocycles. The second kappa shape index (κ2) is 15.9. The number of unbranched alkanes of at least 4 members (excludes halogenated alkanes) is 2. The van der Waals surface area contributed by atoms with Gasteiger partial charge < -0.3 is 19.8 Å². The molecule has 0 radical (unpaired) electrons. The van der Waals surface area contributed by atoms with Gasteiger partial charge in [0, 0.05) is 5.56 Å². The Morgan fingerprint density at radius 3 is 2.54 bits per heavy atom. The molecule has 1 unspecified atom stereocenters. The Morgan fingerprint density at radius 1 is 1.05 bits per heavy atom. The number of amides is 3. The van der Waals surface area contributed by atoms with Crippen LogP contribution < -0.4 is 10.6 Å². The minimum atomic E-state index is -0.836. The van der Waals surface area contributed by atoms with Crippen molar-refractivity contribution in [3.05, 3.63) is 83.4 Å². The number of esters is 1. The average Bonchev–Trinajstić information content (AvgIpc) is 3.49. The van der Waals surface area contributed by atoms with E-state index in [1.54, 1.807) is 0 Å². The number of ether oxygens (including phenoxy) is 1. The van der Waals surface area contributed by atoms with Crippen molar-refractivity contribution in [1.82, 2.24) is 15.7 Å². The summed E-state index contributed by atoms with van der Waals surface area (Å²) < 4.78 is 24.1. The zero-order valence-corrected chi connectivity index (χ0v) is 23.1. The van der Waals surface area contributed by atoms with Crippen molar-refractivity contribution in [2.45, 2.75) is 39.2 Å². The average molecular weight is 568 g/mol. The molecule has 0 fully saturated rings. The number of nitrogens with zero attached hydrogens (tertiary/aromatic N) is 1. The lowest BCUT2D eigenvalue weighted by Gasteiger charge is -2.23. The predicted molar refractivity (Wildman–Crippen MR) is 148 cm³/mol. The highest BCUT2D eigenvalue weighted by Gasteiger charge is 2.22. The SMILES string of the molecule is CCCCCC(CN(C=O)OCc1ccccc1)C(=O)NCNC(=O)c1ccc(-c2ccc(F)c(C(=O)OC)c2)o1. The second-order valence-electron chi connectivity index (χ2n) is 9.23. The number of hydrogen-bond acceptors (Lipinski definition) is 7. The molecule has 1 atom stereocenters. The van der Waals surface area contributed by atoms with Crippen LogP contribution in [0.2, 0.25) is 0 Å². The Hall–Kier alpha value is -4.51. The highest BCUT2D eigenvalue weighted by Crippen LogP contribution is 2.25. The topological polar surface area (TPSA) is 127 Å². The molecule has 41 heavy (non-hydrogen) atoms. The first kappa shape index (κ1) is 31.0. The van der Waals surface area contributed by atoms with E-state index in [9.17, 15) is 23.6 Å². The molecular formula is C30H34FN3O7. The number of hydroxylamine groups is 2. The molecule has 0 spiro atoms. The Kier molecular flexibility index (Phi) is 12.0. The zero-order valence-electron chi connectivity index (χ0n) is 23.1. The van der Waals surface area contributed by atoms with E-state index in [0.717, 1.165) is 43.1 Å². The largest absolute Gasteiger partial charge is 0.465 e. The van der Waals surface area contributed by atoms with Crippen molar-refractivity contribution in [3.8, 4) is 11.3 Å². The van der Waals surface area contributed by atoms with Crippen LogP contribution in [-0.4, -0.2) is 49.6 Å². The van der Waals surface area contributed by atoms with Crippen LogP contribution in [0.3, 0.4) is 0 Å². The molecule has 0 aliphatic heterocycles. The highest BCUT2D eigenvalue weighted by atomic mass is 19.1. The van der Waals surface area contributed by atoms with E-state index >= 15 is 0 Å². The lowest BCUT2D eigenvalue weighted by Crippen LogP contribution is -2.43. The van der Waals surface area contributed by atoms with Crippen molar-refractivity contribution in [2.75, 3.05) is 20.3 Å². The van der Waals surface area contributed by atoms with Crippen molar-refractivity contribution in [3.63, 3.8) is 0 Å². The normalized spacial score (nSPS) is 11.4.